The van der Waals surface area contributed by atoms with Gasteiger partial charge >= 0.3 is 6.03 Å². The van der Waals surface area contributed by atoms with Crippen LogP contribution in [0.5, 0.6) is 0 Å². The second-order valence-corrected chi connectivity index (χ2v) is 13.1. The third-order valence-corrected chi connectivity index (χ3v) is 9.48. The molecule has 5 rings (SSSR count). The van der Waals surface area contributed by atoms with Crippen LogP contribution in [0.3, 0.4) is 0 Å². The largest absolute Gasteiger partial charge is 0.337 e. The number of halogens is 3. The Morgan fingerprint density at radius 2 is 1.84 bits per heavy atom. The molecule has 0 saturated carbocycles. The standard InChI is InChI=1S/C30H34F3N5O5S/c1-20(39)26-17-37(27-9-8-22(15-25(26)27)35-29(41)36-13-5-11-30(32,33)19-36)18-28(40)38-16-21(31)14-23(38)10-12-34-44(42,43)24-6-3-2-4-7-24/h2-4,6-9,15,17,21,23,34H,5,10-14,16,18-19H2,1H3,(H,35,41)/t21-,23-/m1/s1. The first kappa shape index (κ1) is 31.5. The van der Waals surface area contributed by atoms with Gasteiger partial charge in [-0.25, -0.2) is 31.1 Å². The van der Waals surface area contributed by atoms with E-state index in [9.17, 15) is 36.0 Å². The highest BCUT2D eigenvalue weighted by molar-refractivity contribution is 7.89. The van der Waals surface area contributed by atoms with E-state index in [4.69, 9.17) is 0 Å². The van der Waals surface area contributed by atoms with Gasteiger partial charge in [0, 0.05) is 60.3 Å². The number of alkyl halides is 3. The maximum atomic E-state index is 14.5. The van der Waals surface area contributed by atoms with Gasteiger partial charge < -0.3 is 19.7 Å². The van der Waals surface area contributed by atoms with Crippen molar-refractivity contribution in [2.75, 3.05) is 31.5 Å². The van der Waals surface area contributed by atoms with Gasteiger partial charge in [-0.2, -0.15) is 0 Å². The maximum Gasteiger partial charge on any atom is 0.322 e. The topological polar surface area (TPSA) is 121 Å². The maximum absolute atomic E-state index is 14.5. The molecule has 1 aromatic heterocycles. The molecule has 0 radical (unpaired) electrons. The molecule has 0 bridgehead atoms. The monoisotopic (exact) mass is 633 g/mol. The van der Waals surface area contributed by atoms with Crippen molar-refractivity contribution in [1.82, 2.24) is 19.1 Å². The lowest BCUT2D eigenvalue weighted by molar-refractivity contribution is -0.132. The molecule has 2 aliphatic heterocycles. The van der Waals surface area contributed by atoms with Crippen molar-refractivity contribution < 1.29 is 36.0 Å². The highest BCUT2D eigenvalue weighted by atomic mass is 32.2. The Balaban J connectivity index is 1.27. The van der Waals surface area contributed by atoms with Gasteiger partial charge in [0.2, 0.25) is 15.9 Å². The summed E-state index contributed by atoms with van der Waals surface area (Å²) in [6.45, 7) is 0.591. The Morgan fingerprint density at radius 3 is 2.55 bits per heavy atom. The van der Waals surface area contributed by atoms with E-state index in [0.717, 1.165) is 4.90 Å². The molecule has 10 nitrogen and oxygen atoms in total. The zero-order chi connectivity index (χ0) is 31.6. The SMILES string of the molecule is CC(=O)c1cn(CC(=O)N2C[C@H](F)C[C@H]2CCNS(=O)(=O)c2ccccc2)c2ccc(NC(=O)N3CCCC(F)(F)C3)cc12. The molecule has 2 saturated heterocycles. The number of likely N-dealkylation sites (tertiary alicyclic amines) is 2. The fourth-order valence-electron chi connectivity index (χ4n) is 5.85. The molecule has 14 heteroatoms. The van der Waals surface area contributed by atoms with Crippen molar-refractivity contribution in [3.8, 4) is 0 Å². The zero-order valence-electron chi connectivity index (χ0n) is 24.1. The quantitative estimate of drug-likeness (QED) is 0.338. The molecule has 3 aromatic rings. The van der Waals surface area contributed by atoms with Crippen LogP contribution in [0, 0.1) is 0 Å². The fraction of sp³-hybridized carbons (Fsp3) is 0.433. The number of hydrogen-bond donors (Lipinski definition) is 2. The first-order chi connectivity index (χ1) is 20.8. The molecule has 3 amide bonds. The lowest BCUT2D eigenvalue weighted by Gasteiger charge is -2.32. The smallest absolute Gasteiger partial charge is 0.322 e. The van der Waals surface area contributed by atoms with Crippen LogP contribution in [0.15, 0.2) is 59.6 Å². The molecule has 2 aliphatic rings. The fourth-order valence-corrected chi connectivity index (χ4v) is 6.91. The second-order valence-electron chi connectivity index (χ2n) is 11.3. The van der Waals surface area contributed by atoms with Gasteiger partial charge in [0.25, 0.3) is 5.92 Å². The summed E-state index contributed by atoms with van der Waals surface area (Å²) in [5.74, 6) is -3.62. The van der Waals surface area contributed by atoms with Gasteiger partial charge in [0.15, 0.2) is 5.78 Å². The van der Waals surface area contributed by atoms with E-state index in [1.807, 2.05) is 0 Å². The minimum absolute atomic E-state index is 0.0168. The van der Waals surface area contributed by atoms with Crippen LogP contribution in [0.2, 0.25) is 0 Å². The Kier molecular flexibility index (Phi) is 9.02. The number of carbonyl (C=O) groups is 3. The molecular formula is C30H34F3N5O5S. The summed E-state index contributed by atoms with van der Waals surface area (Å²) >= 11 is 0. The number of anilines is 1. The highest BCUT2D eigenvalue weighted by Gasteiger charge is 2.37. The molecule has 0 unspecified atom stereocenters. The van der Waals surface area contributed by atoms with E-state index < -0.39 is 46.6 Å². The van der Waals surface area contributed by atoms with Crippen molar-refractivity contribution in [1.29, 1.82) is 0 Å². The third-order valence-electron chi connectivity index (χ3n) is 8.00. The van der Waals surface area contributed by atoms with E-state index in [1.165, 1.54) is 30.2 Å². The van der Waals surface area contributed by atoms with Crippen molar-refractivity contribution in [2.45, 2.75) is 62.2 Å². The Labute approximate surface area is 253 Å². The molecule has 2 atom stereocenters. The molecule has 0 spiro atoms. The number of rotatable bonds is 9. The number of fused-ring (bicyclic) bond motifs is 1. The average Bonchev–Trinajstić information content (AvgIpc) is 3.52. The molecule has 0 aliphatic carbocycles. The minimum Gasteiger partial charge on any atom is -0.337 e. The number of piperidine rings is 1. The Morgan fingerprint density at radius 1 is 1.09 bits per heavy atom. The molecule has 236 valence electrons. The van der Waals surface area contributed by atoms with Crippen LogP contribution in [0.25, 0.3) is 10.9 Å². The van der Waals surface area contributed by atoms with Crippen LogP contribution < -0.4 is 10.0 Å². The number of amides is 3. The van der Waals surface area contributed by atoms with Crippen molar-refractivity contribution >= 4 is 44.3 Å². The average molecular weight is 634 g/mol. The third kappa shape index (κ3) is 7.07. The van der Waals surface area contributed by atoms with E-state index in [1.54, 1.807) is 41.0 Å². The number of nitrogens with one attached hydrogen (secondary N) is 2. The number of benzene rings is 2. The van der Waals surface area contributed by atoms with Crippen LogP contribution in [0.4, 0.5) is 23.7 Å². The van der Waals surface area contributed by atoms with E-state index >= 15 is 0 Å². The highest BCUT2D eigenvalue weighted by Crippen LogP contribution is 2.30. The summed E-state index contributed by atoms with van der Waals surface area (Å²) in [5.41, 5.74) is 1.13. The number of hydrogen-bond acceptors (Lipinski definition) is 5. The number of Topliss-reactive ketones (excluding diaryl/α,β-unsaturated/α-hetero) is 1. The first-order valence-electron chi connectivity index (χ1n) is 14.4. The summed E-state index contributed by atoms with van der Waals surface area (Å²) in [6.07, 6.45) is 0.484. The van der Waals surface area contributed by atoms with Crippen LogP contribution in [-0.4, -0.2) is 84.8 Å². The number of aromatic nitrogens is 1. The van der Waals surface area contributed by atoms with Crippen molar-refractivity contribution in [3.05, 3.63) is 60.3 Å². The summed E-state index contributed by atoms with van der Waals surface area (Å²) in [4.78, 5) is 41.1. The summed E-state index contributed by atoms with van der Waals surface area (Å²) in [5, 5.41) is 3.08. The lowest BCUT2D eigenvalue weighted by Crippen LogP contribution is -2.47. The molecule has 2 N–H and O–H groups in total. The zero-order valence-corrected chi connectivity index (χ0v) is 25.0. The molecule has 3 heterocycles. The van der Waals surface area contributed by atoms with Crippen molar-refractivity contribution in [3.63, 3.8) is 0 Å². The van der Waals surface area contributed by atoms with Crippen LogP contribution in [-0.2, 0) is 21.4 Å². The number of ketones is 1. The summed E-state index contributed by atoms with van der Waals surface area (Å²) in [7, 11) is -3.75. The van der Waals surface area contributed by atoms with Gasteiger partial charge in [-0.1, -0.05) is 18.2 Å². The van der Waals surface area contributed by atoms with Gasteiger partial charge in [-0.05, 0) is 50.1 Å². The normalized spacial score (nSPS) is 20.2. The lowest BCUT2D eigenvalue weighted by atomic mass is 10.1. The molecule has 44 heavy (non-hydrogen) atoms. The predicted octanol–water partition coefficient (Wildman–Crippen LogP) is 4.41. The summed E-state index contributed by atoms with van der Waals surface area (Å²) in [6, 6.07) is 11.4. The van der Waals surface area contributed by atoms with Crippen LogP contribution in [0.1, 0.15) is 43.0 Å². The van der Waals surface area contributed by atoms with Gasteiger partial charge in [0.1, 0.15) is 12.7 Å². The molecule has 2 fully saturated rings. The van der Waals surface area contributed by atoms with Gasteiger partial charge in [-0.3, -0.25) is 9.59 Å². The van der Waals surface area contributed by atoms with E-state index in [2.05, 4.69) is 10.0 Å². The van der Waals surface area contributed by atoms with Gasteiger partial charge in [0.05, 0.1) is 18.0 Å². The van der Waals surface area contributed by atoms with E-state index in [-0.39, 0.29) is 62.5 Å². The second kappa shape index (κ2) is 12.6. The Bertz CT molecular complexity index is 1660. The number of urea groups is 1. The van der Waals surface area contributed by atoms with Crippen molar-refractivity contribution in [2.24, 2.45) is 0 Å². The van der Waals surface area contributed by atoms with Gasteiger partial charge in [-0.15, -0.1) is 0 Å². The minimum atomic E-state index is -3.75. The molecular weight excluding hydrogens is 599 g/mol. The number of carbonyl (C=O) groups excluding carboxylic acids is 3. The number of nitrogens with zero attached hydrogens (tertiary/aromatic N) is 3. The predicted molar refractivity (Wildman–Crippen MR) is 158 cm³/mol. The number of sulfonamides is 1. The van der Waals surface area contributed by atoms with E-state index in [0.29, 0.717) is 22.2 Å². The Hall–Kier alpha value is -3.91. The molecule has 2 aromatic carbocycles. The van der Waals surface area contributed by atoms with Crippen LogP contribution >= 0.6 is 0 Å². The summed E-state index contributed by atoms with van der Waals surface area (Å²) < 4.78 is 71.2. The first-order valence-corrected chi connectivity index (χ1v) is 15.9.